The fraction of sp³-hybridized carbons (Fsp3) is 0.250. The lowest BCUT2D eigenvalue weighted by Crippen LogP contribution is -2.37. The van der Waals surface area contributed by atoms with Crippen molar-refractivity contribution in [3.05, 3.63) is 30.5 Å². The van der Waals surface area contributed by atoms with E-state index in [9.17, 15) is 0 Å². The zero-order valence-electron chi connectivity index (χ0n) is 8.89. The van der Waals surface area contributed by atoms with Crippen molar-refractivity contribution in [1.29, 1.82) is 0 Å². The molecule has 0 saturated carbocycles. The quantitative estimate of drug-likeness (QED) is 0.669. The predicted molar refractivity (Wildman–Crippen MR) is 66.1 cm³/mol. The molecule has 4 heteroatoms. The summed E-state index contributed by atoms with van der Waals surface area (Å²) >= 11 is 0. The molecule has 1 aromatic carbocycles. The van der Waals surface area contributed by atoms with Crippen LogP contribution in [0.15, 0.2) is 35.5 Å². The van der Waals surface area contributed by atoms with Gasteiger partial charge in [0.15, 0.2) is 0 Å². The molecule has 0 bridgehead atoms. The molecule has 0 unspecified atom stereocenters. The van der Waals surface area contributed by atoms with Crippen LogP contribution >= 0.6 is 0 Å². The van der Waals surface area contributed by atoms with Crippen LogP contribution in [0.2, 0.25) is 0 Å². The number of anilines is 1. The molecule has 2 heterocycles. The average molecular weight is 210 g/mol. The molecule has 2 aliphatic rings. The Hall–Kier alpha value is -1.71. The number of ether oxygens (including phenoxy) is 1. The van der Waals surface area contributed by atoms with Gasteiger partial charge in [-0.15, -0.1) is 0 Å². The van der Waals surface area contributed by atoms with Crippen molar-refractivity contribution in [2.75, 3.05) is 24.6 Å². The van der Waals surface area contributed by atoms with Crippen molar-refractivity contribution in [2.45, 2.75) is 0 Å². The van der Waals surface area contributed by atoms with Crippen LogP contribution in [0, 0.1) is 0 Å². The highest BCUT2D eigenvalue weighted by molar-refractivity contribution is 6.32. The molecule has 3 rings (SSSR count). The van der Waals surface area contributed by atoms with Crippen molar-refractivity contribution >= 4 is 24.7 Å². The van der Waals surface area contributed by atoms with Gasteiger partial charge in [0.25, 0.3) is 0 Å². The van der Waals surface area contributed by atoms with Crippen LogP contribution < -0.4 is 15.1 Å². The third-order valence-corrected chi connectivity index (χ3v) is 2.80. The Balaban J connectivity index is 1.89. The summed E-state index contributed by atoms with van der Waals surface area (Å²) in [6.45, 7) is 2.42. The molecule has 0 fully saturated rings. The van der Waals surface area contributed by atoms with E-state index >= 15 is 0 Å². The minimum Gasteiger partial charge on any atom is -0.490 e. The third kappa shape index (κ3) is 1.60. The Kier molecular flexibility index (Phi) is 2.20. The smallest absolute Gasteiger partial charge is 0.142 e. The summed E-state index contributed by atoms with van der Waals surface area (Å²) in [5.74, 6) is 0.907. The van der Waals surface area contributed by atoms with Gasteiger partial charge in [-0.1, -0.05) is 11.5 Å². The molecule has 0 saturated heterocycles. The molecular weight excluding hydrogens is 199 g/mol. The van der Waals surface area contributed by atoms with E-state index < -0.39 is 0 Å². The second kappa shape index (κ2) is 3.70. The monoisotopic (exact) mass is 210 g/mol. The van der Waals surface area contributed by atoms with E-state index in [1.807, 2.05) is 30.5 Å². The molecule has 2 radical (unpaired) electrons. The first-order valence-corrected chi connectivity index (χ1v) is 5.33. The number of fused-ring (bicyclic) bond motifs is 1. The van der Waals surface area contributed by atoms with Gasteiger partial charge in [0.1, 0.15) is 20.2 Å². The number of hydrogen-bond acceptors (Lipinski definition) is 3. The largest absolute Gasteiger partial charge is 0.490 e. The Morgan fingerprint density at radius 2 is 2.31 bits per heavy atom. The molecule has 1 aromatic rings. The van der Waals surface area contributed by atoms with Gasteiger partial charge in [0.05, 0.1) is 24.5 Å². The van der Waals surface area contributed by atoms with Gasteiger partial charge in [-0.25, -0.2) is 0 Å². The second-order valence-corrected chi connectivity index (χ2v) is 3.93. The first-order valence-electron chi connectivity index (χ1n) is 5.33. The van der Waals surface area contributed by atoms with Crippen molar-refractivity contribution in [3.63, 3.8) is 0 Å². The third-order valence-electron chi connectivity index (χ3n) is 2.80. The van der Waals surface area contributed by atoms with Gasteiger partial charge in [-0.05, 0) is 18.2 Å². The summed E-state index contributed by atoms with van der Waals surface area (Å²) in [6.07, 6.45) is 3.84. The summed E-state index contributed by atoms with van der Waals surface area (Å²) < 4.78 is 5.59. The van der Waals surface area contributed by atoms with Gasteiger partial charge in [0.2, 0.25) is 0 Å². The lowest BCUT2D eigenvalue weighted by Gasteiger charge is -2.32. The molecule has 0 atom stereocenters. The number of nitrogens with zero attached hydrogens (tertiary/aromatic N) is 2. The molecule has 3 nitrogen and oxygen atoms in total. The maximum absolute atomic E-state index is 5.79. The van der Waals surface area contributed by atoms with Crippen LogP contribution in [0.5, 0.6) is 5.75 Å². The van der Waals surface area contributed by atoms with E-state index in [0.717, 1.165) is 35.7 Å². The maximum atomic E-state index is 5.79. The number of benzene rings is 1. The lowest BCUT2D eigenvalue weighted by atomic mass is 9.95. The van der Waals surface area contributed by atoms with E-state index in [1.165, 1.54) is 0 Å². The highest BCUT2D eigenvalue weighted by Crippen LogP contribution is 2.30. The molecular formula is C12H11BN2O. The van der Waals surface area contributed by atoms with Crippen LogP contribution in [0.3, 0.4) is 0 Å². The highest BCUT2D eigenvalue weighted by atomic mass is 16.5. The minimum atomic E-state index is 0.716. The van der Waals surface area contributed by atoms with Crippen molar-refractivity contribution < 1.29 is 4.74 Å². The topological polar surface area (TPSA) is 24.8 Å². The first kappa shape index (κ1) is 9.52. The van der Waals surface area contributed by atoms with E-state index in [0.29, 0.717) is 6.61 Å². The number of aliphatic imine (C=N–C) groups is 1. The van der Waals surface area contributed by atoms with Crippen molar-refractivity contribution in [1.82, 2.24) is 0 Å². The maximum Gasteiger partial charge on any atom is 0.142 e. The van der Waals surface area contributed by atoms with E-state index in [-0.39, 0.29) is 0 Å². The summed E-state index contributed by atoms with van der Waals surface area (Å²) in [5.41, 5.74) is 2.94. The average Bonchev–Trinajstić information content (AvgIpc) is 2.23. The van der Waals surface area contributed by atoms with Crippen LogP contribution in [0.1, 0.15) is 0 Å². The van der Waals surface area contributed by atoms with Gasteiger partial charge in [0, 0.05) is 6.20 Å². The van der Waals surface area contributed by atoms with Crippen LogP contribution in [0.25, 0.3) is 0 Å². The summed E-state index contributed by atoms with van der Waals surface area (Å²) in [4.78, 5) is 6.43. The van der Waals surface area contributed by atoms with Gasteiger partial charge >= 0.3 is 0 Å². The molecule has 16 heavy (non-hydrogen) atoms. The molecule has 0 N–H and O–H groups in total. The zero-order chi connectivity index (χ0) is 11.0. The van der Waals surface area contributed by atoms with E-state index in [4.69, 9.17) is 12.6 Å². The Bertz CT molecular complexity index is 482. The highest BCUT2D eigenvalue weighted by Gasteiger charge is 2.19. The Morgan fingerprint density at radius 1 is 1.44 bits per heavy atom. The number of rotatable bonds is 2. The Morgan fingerprint density at radius 3 is 3.06 bits per heavy atom. The molecule has 0 amide bonds. The molecule has 2 aliphatic heterocycles. The Labute approximate surface area is 95.8 Å². The summed E-state index contributed by atoms with van der Waals surface area (Å²) in [5, 5.41) is 0. The molecule has 0 aliphatic carbocycles. The minimum absolute atomic E-state index is 0.716. The zero-order valence-corrected chi connectivity index (χ0v) is 8.89. The number of hydrogen-bond donors (Lipinski definition) is 0. The fourth-order valence-electron chi connectivity index (χ4n) is 1.92. The lowest BCUT2D eigenvalue weighted by molar-refractivity contribution is 0.310. The fourth-order valence-corrected chi connectivity index (χ4v) is 1.92. The summed E-state index contributed by atoms with van der Waals surface area (Å²) in [7, 11) is 5.79. The van der Waals surface area contributed by atoms with Gasteiger partial charge in [-0.2, -0.15) is 0 Å². The predicted octanol–water partition coefficient (Wildman–Crippen LogP) is 0.647. The molecule has 0 aromatic heterocycles. The van der Waals surface area contributed by atoms with E-state index in [1.54, 1.807) is 0 Å². The summed E-state index contributed by atoms with van der Waals surface area (Å²) in [6, 6.07) is 5.75. The van der Waals surface area contributed by atoms with Gasteiger partial charge in [-0.3, -0.25) is 4.99 Å². The first-order chi connectivity index (χ1) is 7.83. The SMILES string of the molecule is [B]c1ccc2c(c1)N(CC1=NC=C1)CCO2. The normalized spacial score (nSPS) is 17.2. The van der Waals surface area contributed by atoms with Crippen molar-refractivity contribution in [2.24, 2.45) is 4.99 Å². The van der Waals surface area contributed by atoms with Crippen LogP contribution in [-0.2, 0) is 0 Å². The van der Waals surface area contributed by atoms with E-state index in [2.05, 4.69) is 9.89 Å². The van der Waals surface area contributed by atoms with Gasteiger partial charge < -0.3 is 9.64 Å². The second-order valence-electron chi connectivity index (χ2n) is 3.93. The van der Waals surface area contributed by atoms with Crippen molar-refractivity contribution in [3.8, 4) is 5.75 Å². The standard InChI is InChI=1S/C12H11BN2O/c13-9-1-2-12-11(7-9)15(5-6-16-12)8-10-3-4-14-10/h1-4,7H,5-6,8H2. The van der Waals surface area contributed by atoms with Crippen LogP contribution in [0.4, 0.5) is 5.69 Å². The van der Waals surface area contributed by atoms with Crippen LogP contribution in [-0.4, -0.2) is 33.3 Å². The molecule has 78 valence electrons. The molecule has 0 spiro atoms.